The molecule has 0 radical (unpaired) electrons. The Morgan fingerprint density at radius 1 is 1.14 bits per heavy atom. The van der Waals surface area contributed by atoms with Gasteiger partial charge in [0.1, 0.15) is 11.4 Å². The molecule has 0 spiro atoms. The highest BCUT2D eigenvalue weighted by molar-refractivity contribution is 5.92. The van der Waals surface area contributed by atoms with Gasteiger partial charge in [-0.25, -0.2) is 0 Å². The van der Waals surface area contributed by atoms with Crippen molar-refractivity contribution < 1.29 is 19.7 Å². The number of aromatic hydroxyl groups is 1. The topological polar surface area (TPSA) is 74.7 Å². The molecule has 2 heterocycles. The van der Waals surface area contributed by atoms with Gasteiger partial charge in [0.2, 0.25) is 0 Å². The average Bonchev–Trinajstić information content (AvgIpc) is 3.26. The van der Waals surface area contributed by atoms with Crippen LogP contribution in [-0.4, -0.2) is 34.0 Å². The van der Waals surface area contributed by atoms with Gasteiger partial charge in [0.15, 0.2) is 11.5 Å². The fourth-order valence-electron chi connectivity index (χ4n) is 6.51. The summed E-state index contributed by atoms with van der Waals surface area (Å²) in [5.41, 5.74) is 4.62. The van der Waals surface area contributed by atoms with Crippen molar-refractivity contribution in [2.75, 3.05) is 7.11 Å². The first-order valence-corrected chi connectivity index (χ1v) is 13.6. The number of aromatic nitrogens is 1. The zero-order chi connectivity index (χ0) is 26.5. The van der Waals surface area contributed by atoms with Crippen LogP contribution in [0.1, 0.15) is 76.1 Å². The Hall–Kier alpha value is -2.92. The Kier molecular flexibility index (Phi) is 6.56. The number of aliphatic hydroxyl groups is 1. The Morgan fingerprint density at radius 2 is 1.86 bits per heavy atom. The normalized spacial score (nSPS) is 24.8. The Labute approximate surface area is 220 Å². The molecule has 0 unspecified atom stereocenters. The van der Waals surface area contributed by atoms with Crippen LogP contribution in [0.2, 0.25) is 0 Å². The van der Waals surface area contributed by atoms with Crippen LogP contribution >= 0.6 is 0 Å². The molecule has 0 saturated heterocycles. The van der Waals surface area contributed by atoms with Gasteiger partial charge in [0.25, 0.3) is 0 Å². The molecule has 0 amide bonds. The Balaban J connectivity index is 1.45. The van der Waals surface area contributed by atoms with Gasteiger partial charge >= 0.3 is 0 Å². The van der Waals surface area contributed by atoms with Crippen molar-refractivity contribution in [3.63, 3.8) is 0 Å². The van der Waals surface area contributed by atoms with Crippen LogP contribution in [0.25, 0.3) is 23.1 Å². The summed E-state index contributed by atoms with van der Waals surface area (Å²) in [6, 6.07) is 8.10. The molecule has 5 heteroatoms. The third kappa shape index (κ3) is 4.63. The molecule has 1 aromatic heterocycles. The second kappa shape index (κ2) is 9.43. The minimum atomic E-state index is -0.331. The molecule has 5 rings (SSSR count). The molecule has 1 aliphatic carbocycles. The molecule has 37 heavy (non-hydrogen) atoms. The number of aryl methyl sites for hydroxylation is 1. The fraction of sp³-hybridized carbons (Fsp3) is 0.500. The van der Waals surface area contributed by atoms with E-state index in [1.165, 1.54) is 5.56 Å². The summed E-state index contributed by atoms with van der Waals surface area (Å²) in [7, 11) is 1.68. The van der Waals surface area contributed by atoms with Crippen LogP contribution in [0.5, 0.6) is 17.2 Å². The summed E-state index contributed by atoms with van der Waals surface area (Å²) in [5.74, 6) is 2.70. The number of hydrogen-bond donors (Lipinski definition) is 3. The Morgan fingerprint density at radius 3 is 2.57 bits per heavy atom. The maximum absolute atomic E-state index is 10.8. The number of nitrogens with one attached hydrogen (secondary N) is 1. The number of ether oxygens (including phenoxy) is 2. The van der Waals surface area contributed by atoms with Gasteiger partial charge in [-0.15, -0.1) is 0 Å². The summed E-state index contributed by atoms with van der Waals surface area (Å²) in [6.07, 6.45) is 10.2. The zero-order valence-electron chi connectivity index (χ0n) is 23.0. The third-order valence-corrected chi connectivity index (χ3v) is 8.86. The molecule has 1 aliphatic heterocycles. The number of fused-ring (bicyclic) bond motifs is 3. The van der Waals surface area contributed by atoms with Crippen LogP contribution in [0, 0.1) is 17.3 Å². The summed E-state index contributed by atoms with van der Waals surface area (Å²) in [4.78, 5) is 3.34. The molecule has 198 valence electrons. The van der Waals surface area contributed by atoms with Crippen molar-refractivity contribution in [1.82, 2.24) is 4.98 Å². The standard InChI is InChI=1S/C32H41NO4/c1-19(2)7-10-22-18-33-24-14-21(15-25(34)29(22)24)9-8-20-13-23-17-27-31(3,4)28(35)11-12-32(27,5)37-30(23)26(16-20)36-6/h8-9,13-16,18-19,27-28,33-35H,7,10-12,17H2,1-6H3/b9-8+/t27-,28-,32-/m1/s1. The average molecular weight is 504 g/mol. The SMILES string of the molecule is COc1cc(/C=C/c2cc(O)c3c(CCC(C)C)c[nH]c3c2)cc2c1O[C@]1(C)CC[C@@H](O)C(C)(C)[C@H]1C2. The number of benzene rings is 2. The molecule has 5 nitrogen and oxygen atoms in total. The van der Waals surface area contributed by atoms with Gasteiger partial charge in [-0.05, 0) is 96.9 Å². The number of rotatable bonds is 6. The van der Waals surface area contributed by atoms with E-state index in [1.54, 1.807) is 7.11 Å². The first-order chi connectivity index (χ1) is 17.5. The van der Waals surface area contributed by atoms with Gasteiger partial charge in [-0.1, -0.05) is 39.8 Å². The monoisotopic (exact) mass is 503 g/mol. The van der Waals surface area contributed by atoms with E-state index in [-0.39, 0.29) is 23.0 Å². The Bertz CT molecular complexity index is 1330. The minimum Gasteiger partial charge on any atom is -0.507 e. The lowest BCUT2D eigenvalue weighted by atomic mass is 9.57. The van der Waals surface area contributed by atoms with E-state index >= 15 is 0 Å². The number of phenolic OH excluding ortho intramolecular Hbond substituents is 1. The van der Waals surface area contributed by atoms with E-state index in [0.717, 1.165) is 71.2 Å². The molecule has 1 saturated carbocycles. The molecule has 1 fully saturated rings. The number of phenols is 1. The molecule has 3 atom stereocenters. The number of aromatic amines is 1. The van der Waals surface area contributed by atoms with E-state index < -0.39 is 0 Å². The van der Waals surface area contributed by atoms with Crippen molar-refractivity contribution in [1.29, 1.82) is 0 Å². The lowest BCUT2D eigenvalue weighted by Gasteiger charge is -2.55. The number of aliphatic hydroxyl groups excluding tert-OH is 1. The molecule has 3 N–H and O–H groups in total. The predicted octanol–water partition coefficient (Wildman–Crippen LogP) is 7.13. The largest absolute Gasteiger partial charge is 0.507 e. The van der Waals surface area contributed by atoms with Gasteiger partial charge in [-0.3, -0.25) is 0 Å². The number of hydrogen-bond acceptors (Lipinski definition) is 4. The highest BCUT2D eigenvalue weighted by Gasteiger charge is 2.54. The lowest BCUT2D eigenvalue weighted by molar-refractivity contribution is -0.138. The van der Waals surface area contributed by atoms with Crippen LogP contribution in [0.4, 0.5) is 0 Å². The molecular formula is C32H41NO4. The van der Waals surface area contributed by atoms with E-state index in [9.17, 15) is 10.2 Å². The summed E-state index contributed by atoms with van der Waals surface area (Å²) >= 11 is 0. The van der Waals surface area contributed by atoms with Crippen molar-refractivity contribution in [2.45, 2.75) is 78.4 Å². The molecule has 2 aromatic carbocycles. The smallest absolute Gasteiger partial charge is 0.165 e. The van der Waals surface area contributed by atoms with Crippen LogP contribution in [0.3, 0.4) is 0 Å². The minimum absolute atomic E-state index is 0.206. The molecule has 0 bridgehead atoms. The van der Waals surface area contributed by atoms with Crippen molar-refractivity contribution >= 4 is 23.1 Å². The van der Waals surface area contributed by atoms with E-state index in [2.05, 4.69) is 57.8 Å². The summed E-state index contributed by atoms with van der Waals surface area (Å²) < 4.78 is 12.4. The van der Waals surface area contributed by atoms with Gasteiger partial charge in [0, 0.05) is 23.0 Å². The van der Waals surface area contributed by atoms with Gasteiger partial charge < -0.3 is 24.7 Å². The van der Waals surface area contributed by atoms with Crippen LogP contribution < -0.4 is 9.47 Å². The van der Waals surface area contributed by atoms with Crippen molar-refractivity contribution in [3.8, 4) is 17.2 Å². The number of methoxy groups -OCH3 is 1. The highest BCUT2D eigenvalue weighted by atomic mass is 16.5. The van der Waals surface area contributed by atoms with E-state index in [0.29, 0.717) is 11.7 Å². The first-order valence-electron chi connectivity index (χ1n) is 13.6. The quantitative estimate of drug-likeness (QED) is 0.313. The van der Waals surface area contributed by atoms with Crippen molar-refractivity contribution in [2.24, 2.45) is 17.3 Å². The van der Waals surface area contributed by atoms with Gasteiger partial charge in [0.05, 0.1) is 13.2 Å². The number of H-pyrrole nitrogens is 1. The highest BCUT2D eigenvalue weighted by Crippen LogP contribution is 2.55. The molecule has 2 aliphatic rings. The maximum Gasteiger partial charge on any atom is 0.165 e. The van der Waals surface area contributed by atoms with Crippen LogP contribution in [-0.2, 0) is 12.8 Å². The molecule has 3 aromatic rings. The second-order valence-corrected chi connectivity index (χ2v) is 12.3. The van der Waals surface area contributed by atoms with E-state index in [4.69, 9.17) is 9.47 Å². The zero-order valence-corrected chi connectivity index (χ0v) is 23.0. The molecular weight excluding hydrogens is 462 g/mol. The van der Waals surface area contributed by atoms with Crippen LogP contribution in [0.15, 0.2) is 30.5 Å². The van der Waals surface area contributed by atoms with E-state index in [1.807, 2.05) is 24.4 Å². The van der Waals surface area contributed by atoms with Crippen molar-refractivity contribution in [3.05, 3.63) is 52.7 Å². The third-order valence-electron chi connectivity index (χ3n) is 8.86. The van der Waals surface area contributed by atoms with Gasteiger partial charge in [-0.2, -0.15) is 0 Å². The maximum atomic E-state index is 10.8. The summed E-state index contributed by atoms with van der Waals surface area (Å²) in [6.45, 7) is 10.9. The summed E-state index contributed by atoms with van der Waals surface area (Å²) in [5, 5.41) is 22.5. The second-order valence-electron chi connectivity index (χ2n) is 12.3. The lowest BCUT2D eigenvalue weighted by Crippen LogP contribution is -2.58. The predicted molar refractivity (Wildman–Crippen MR) is 150 cm³/mol. The fourth-order valence-corrected chi connectivity index (χ4v) is 6.51. The first kappa shape index (κ1) is 25.7.